The molecular weight excluding hydrogens is 278 g/mol. The lowest BCUT2D eigenvalue weighted by atomic mass is 9.97. The van der Waals surface area contributed by atoms with E-state index in [2.05, 4.69) is 4.90 Å². The first-order valence-corrected chi connectivity index (χ1v) is 8.32. The van der Waals surface area contributed by atoms with E-state index >= 15 is 0 Å². The van der Waals surface area contributed by atoms with E-state index in [9.17, 15) is 4.79 Å². The van der Waals surface area contributed by atoms with Crippen molar-refractivity contribution in [3.05, 3.63) is 35.4 Å². The molecule has 0 saturated carbocycles. The lowest BCUT2D eigenvalue weighted by Crippen LogP contribution is -2.35. The fourth-order valence-electron chi connectivity index (χ4n) is 2.92. The summed E-state index contributed by atoms with van der Waals surface area (Å²) in [7, 11) is 0. The number of carbonyl (C=O) groups is 1. The Morgan fingerprint density at radius 2 is 1.95 bits per heavy atom. The fourth-order valence-corrected chi connectivity index (χ4v) is 2.92. The Morgan fingerprint density at radius 1 is 1.27 bits per heavy atom. The molecule has 22 heavy (non-hydrogen) atoms. The van der Waals surface area contributed by atoms with Gasteiger partial charge >= 0.3 is 5.97 Å². The summed E-state index contributed by atoms with van der Waals surface area (Å²) in [5.41, 5.74) is 1.88. The number of esters is 1. The van der Waals surface area contributed by atoms with Gasteiger partial charge in [-0.25, -0.2) is 4.79 Å². The number of likely N-dealkylation sites (tertiary alicyclic amines) is 1. The van der Waals surface area contributed by atoms with Crippen LogP contribution in [-0.2, 0) is 11.2 Å². The van der Waals surface area contributed by atoms with E-state index in [1.54, 1.807) is 0 Å². The Labute approximate surface area is 133 Å². The van der Waals surface area contributed by atoms with Crippen LogP contribution < -0.4 is 0 Å². The van der Waals surface area contributed by atoms with Crippen LogP contribution in [0.15, 0.2) is 24.3 Å². The molecule has 1 aliphatic rings. The van der Waals surface area contributed by atoms with Crippen molar-refractivity contribution in [1.29, 1.82) is 0 Å². The molecular formula is C18H27NO3. The number of carbonyl (C=O) groups excluding carboxylic acids is 1. The summed E-state index contributed by atoms with van der Waals surface area (Å²) >= 11 is 0. The van der Waals surface area contributed by atoms with E-state index in [1.165, 1.54) is 5.56 Å². The minimum absolute atomic E-state index is 0.249. The predicted octanol–water partition coefficient (Wildman–Crippen LogP) is 2.50. The van der Waals surface area contributed by atoms with Crippen molar-refractivity contribution in [3.63, 3.8) is 0 Å². The number of piperidine rings is 1. The van der Waals surface area contributed by atoms with E-state index in [1.807, 2.05) is 31.2 Å². The third-order valence-electron chi connectivity index (χ3n) is 4.37. The van der Waals surface area contributed by atoms with Gasteiger partial charge in [-0.05, 0) is 75.9 Å². The summed E-state index contributed by atoms with van der Waals surface area (Å²) in [6.07, 6.45) is 4.39. The molecule has 0 amide bonds. The van der Waals surface area contributed by atoms with E-state index in [0.29, 0.717) is 24.7 Å². The zero-order chi connectivity index (χ0) is 15.8. The molecule has 4 nitrogen and oxygen atoms in total. The van der Waals surface area contributed by atoms with Crippen molar-refractivity contribution in [2.45, 2.75) is 32.6 Å². The van der Waals surface area contributed by atoms with Crippen LogP contribution >= 0.6 is 0 Å². The van der Waals surface area contributed by atoms with Gasteiger partial charge in [-0.2, -0.15) is 0 Å². The van der Waals surface area contributed by atoms with Crippen LogP contribution in [0.3, 0.4) is 0 Å². The Hall–Kier alpha value is -1.39. The first-order chi connectivity index (χ1) is 10.7. The lowest BCUT2D eigenvalue weighted by molar-refractivity contribution is 0.0526. The van der Waals surface area contributed by atoms with E-state index < -0.39 is 0 Å². The second kappa shape index (κ2) is 8.91. The number of rotatable bonds is 7. The zero-order valence-electron chi connectivity index (χ0n) is 13.5. The molecule has 1 aromatic rings. The van der Waals surface area contributed by atoms with Crippen molar-refractivity contribution in [3.8, 4) is 0 Å². The van der Waals surface area contributed by atoms with Crippen molar-refractivity contribution < 1.29 is 14.6 Å². The molecule has 0 aromatic heterocycles. The normalized spacial score (nSPS) is 16.6. The highest BCUT2D eigenvalue weighted by Gasteiger charge is 2.17. The second-order valence-corrected chi connectivity index (χ2v) is 5.99. The van der Waals surface area contributed by atoms with Crippen LogP contribution in [0.4, 0.5) is 0 Å². The summed E-state index contributed by atoms with van der Waals surface area (Å²) < 4.78 is 4.98. The Bertz CT molecular complexity index is 450. The number of ether oxygens (including phenoxy) is 1. The molecule has 0 aliphatic carbocycles. The summed E-state index contributed by atoms with van der Waals surface area (Å²) in [4.78, 5) is 14.1. The molecule has 1 aromatic carbocycles. The first kappa shape index (κ1) is 17.0. The summed E-state index contributed by atoms with van der Waals surface area (Å²) in [5.74, 6) is 0.257. The maximum Gasteiger partial charge on any atom is 0.338 e. The van der Waals surface area contributed by atoms with Gasteiger partial charge in [0, 0.05) is 6.61 Å². The average molecular weight is 305 g/mol. The van der Waals surface area contributed by atoms with Gasteiger partial charge in [-0.3, -0.25) is 0 Å². The van der Waals surface area contributed by atoms with Gasteiger partial charge in [0.25, 0.3) is 0 Å². The minimum Gasteiger partial charge on any atom is -0.462 e. The Balaban J connectivity index is 1.70. The van der Waals surface area contributed by atoms with E-state index in [4.69, 9.17) is 9.84 Å². The maximum absolute atomic E-state index is 11.6. The number of nitrogens with zero attached hydrogens (tertiary/aromatic N) is 1. The molecule has 1 saturated heterocycles. The molecule has 0 spiro atoms. The first-order valence-electron chi connectivity index (χ1n) is 8.32. The monoisotopic (exact) mass is 305 g/mol. The van der Waals surface area contributed by atoms with Crippen LogP contribution in [0.25, 0.3) is 0 Å². The maximum atomic E-state index is 11.6. The van der Waals surface area contributed by atoms with Crippen LogP contribution in [0, 0.1) is 5.92 Å². The largest absolute Gasteiger partial charge is 0.462 e. The van der Waals surface area contributed by atoms with Gasteiger partial charge in [0.15, 0.2) is 0 Å². The Kier molecular flexibility index (Phi) is 6.87. The zero-order valence-corrected chi connectivity index (χ0v) is 13.5. The molecule has 122 valence electrons. The number of aryl methyl sites for hydroxylation is 1. The van der Waals surface area contributed by atoms with Crippen molar-refractivity contribution in [1.82, 2.24) is 4.90 Å². The third kappa shape index (κ3) is 5.11. The highest BCUT2D eigenvalue weighted by Crippen LogP contribution is 2.17. The SMILES string of the molecule is CCOC(=O)c1ccc(CCCN2CCC(CO)CC2)cc1. The highest BCUT2D eigenvalue weighted by molar-refractivity contribution is 5.89. The minimum atomic E-state index is -0.249. The molecule has 1 N–H and O–H groups in total. The molecule has 1 fully saturated rings. The summed E-state index contributed by atoms with van der Waals surface area (Å²) in [5, 5.41) is 9.15. The van der Waals surface area contributed by atoms with Gasteiger partial charge in [-0.15, -0.1) is 0 Å². The summed E-state index contributed by atoms with van der Waals surface area (Å²) in [6.45, 7) is 5.88. The van der Waals surface area contributed by atoms with Crippen molar-refractivity contribution in [2.75, 3.05) is 32.8 Å². The van der Waals surface area contributed by atoms with Gasteiger partial charge < -0.3 is 14.7 Å². The van der Waals surface area contributed by atoms with Crippen LogP contribution in [-0.4, -0.2) is 48.8 Å². The van der Waals surface area contributed by atoms with Crippen LogP contribution in [0.1, 0.15) is 42.1 Å². The van der Waals surface area contributed by atoms with Gasteiger partial charge in [0.1, 0.15) is 0 Å². The Morgan fingerprint density at radius 3 is 2.55 bits per heavy atom. The molecule has 4 heteroatoms. The molecule has 0 radical (unpaired) electrons. The molecule has 0 bridgehead atoms. The standard InChI is InChI=1S/C18H27NO3/c1-2-22-18(21)17-7-5-15(6-8-17)4-3-11-19-12-9-16(14-20)10-13-19/h5-8,16,20H,2-4,9-14H2,1H3. The molecule has 1 heterocycles. The van der Waals surface area contributed by atoms with E-state index in [-0.39, 0.29) is 5.97 Å². The van der Waals surface area contributed by atoms with Crippen LogP contribution in [0.5, 0.6) is 0 Å². The molecule has 2 rings (SSSR count). The smallest absolute Gasteiger partial charge is 0.338 e. The van der Waals surface area contributed by atoms with Crippen molar-refractivity contribution in [2.24, 2.45) is 5.92 Å². The van der Waals surface area contributed by atoms with Gasteiger partial charge in [0.2, 0.25) is 0 Å². The highest BCUT2D eigenvalue weighted by atomic mass is 16.5. The quantitative estimate of drug-likeness (QED) is 0.786. The van der Waals surface area contributed by atoms with Gasteiger partial charge in [-0.1, -0.05) is 12.1 Å². The van der Waals surface area contributed by atoms with Crippen molar-refractivity contribution >= 4 is 5.97 Å². The predicted molar refractivity (Wildman–Crippen MR) is 87.0 cm³/mol. The van der Waals surface area contributed by atoms with Gasteiger partial charge in [0.05, 0.1) is 12.2 Å². The van der Waals surface area contributed by atoms with E-state index in [0.717, 1.165) is 45.3 Å². The third-order valence-corrected chi connectivity index (χ3v) is 4.37. The summed E-state index contributed by atoms with van der Waals surface area (Å²) in [6, 6.07) is 7.73. The van der Waals surface area contributed by atoms with Crippen LogP contribution in [0.2, 0.25) is 0 Å². The second-order valence-electron chi connectivity index (χ2n) is 5.99. The number of hydrogen-bond acceptors (Lipinski definition) is 4. The average Bonchev–Trinajstić information content (AvgIpc) is 2.56. The molecule has 0 atom stereocenters. The topological polar surface area (TPSA) is 49.8 Å². The number of aliphatic hydroxyl groups is 1. The molecule has 0 unspecified atom stereocenters. The number of benzene rings is 1. The lowest BCUT2D eigenvalue weighted by Gasteiger charge is -2.30. The number of aliphatic hydroxyl groups excluding tert-OH is 1. The fraction of sp³-hybridized carbons (Fsp3) is 0.611. The molecule has 1 aliphatic heterocycles. The number of hydrogen-bond donors (Lipinski definition) is 1.